The summed E-state index contributed by atoms with van der Waals surface area (Å²) in [5.74, 6) is 0.965. The van der Waals surface area contributed by atoms with Crippen molar-refractivity contribution in [3.05, 3.63) is 28.8 Å². The molecule has 1 nitrogen and oxygen atoms in total. The molecule has 1 heteroatoms. The minimum atomic E-state index is 0.0954. The normalized spacial score (nSPS) is 15.3. The van der Waals surface area contributed by atoms with E-state index in [2.05, 4.69) is 60.6 Å². The molecule has 0 aromatic heterocycles. The first-order valence-electron chi connectivity index (χ1n) is 7.57. The molecule has 0 fully saturated rings. The molecule has 2 atom stereocenters. The minimum Gasteiger partial charge on any atom is -0.289 e. The fraction of sp³-hybridized carbons (Fsp3) is 0.667. The molecule has 19 heavy (non-hydrogen) atoms. The van der Waals surface area contributed by atoms with Gasteiger partial charge in [-0.1, -0.05) is 60.6 Å². The van der Waals surface area contributed by atoms with Gasteiger partial charge in [0.05, 0.1) is 0 Å². The first kappa shape index (κ1) is 16.1. The Hall–Kier alpha value is -0.980. The standard InChI is InChI=1S/C18H29O/c1-8-12(3)15-10-14(18(5,6)7)11-16(17(15)19)13(4)9-2/h10-13H,8-9H2,1-7H3. The van der Waals surface area contributed by atoms with Crippen LogP contribution in [0.15, 0.2) is 12.1 Å². The summed E-state index contributed by atoms with van der Waals surface area (Å²) in [6, 6.07) is 4.28. The fourth-order valence-electron chi connectivity index (χ4n) is 2.28. The Morgan fingerprint density at radius 2 is 1.32 bits per heavy atom. The number of benzene rings is 1. The first-order chi connectivity index (χ1) is 8.72. The number of hydrogen-bond acceptors (Lipinski definition) is 0. The van der Waals surface area contributed by atoms with E-state index in [0.29, 0.717) is 11.8 Å². The molecule has 1 aromatic carbocycles. The smallest absolute Gasteiger partial charge is 0.185 e. The summed E-state index contributed by atoms with van der Waals surface area (Å²) in [6.45, 7) is 15.3. The van der Waals surface area contributed by atoms with Gasteiger partial charge in [-0.3, -0.25) is 5.11 Å². The van der Waals surface area contributed by atoms with Crippen LogP contribution in [0, 0.1) is 0 Å². The van der Waals surface area contributed by atoms with Crippen LogP contribution in [0.3, 0.4) is 0 Å². The van der Waals surface area contributed by atoms with E-state index in [1.807, 2.05) is 0 Å². The highest BCUT2D eigenvalue weighted by Gasteiger charge is 2.23. The van der Waals surface area contributed by atoms with Gasteiger partial charge in [-0.2, -0.15) is 0 Å². The Morgan fingerprint density at radius 3 is 1.58 bits per heavy atom. The van der Waals surface area contributed by atoms with Crippen molar-refractivity contribution in [3.63, 3.8) is 0 Å². The van der Waals surface area contributed by atoms with Crippen molar-refractivity contribution in [1.29, 1.82) is 0 Å². The summed E-state index contributed by atoms with van der Waals surface area (Å²) in [5, 5.41) is 12.6. The highest BCUT2D eigenvalue weighted by molar-refractivity contribution is 5.48. The van der Waals surface area contributed by atoms with Gasteiger partial charge in [-0.25, -0.2) is 0 Å². The maximum Gasteiger partial charge on any atom is 0.185 e. The van der Waals surface area contributed by atoms with Crippen LogP contribution in [-0.4, -0.2) is 0 Å². The van der Waals surface area contributed by atoms with Crippen molar-refractivity contribution in [2.45, 2.75) is 78.6 Å². The molecular formula is C18H29O. The molecule has 0 N–H and O–H groups in total. The van der Waals surface area contributed by atoms with Gasteiger partial charge in [0.15, 0.2) is 5.75 Å². The van der Waals surface area contributed by atoms with E-state index in [4.69, 9.17) is 0 Å². The van der Waals surface area contributed by atoms with Crippen molar-refractivity contribution < 1.29 is 5.11 Å². The maximum absolute atomic E-state index is 12.6. The summed E-state index contributed by atoms with van der Waals surface area (Å²) < 4.78 is 0. The SMILES string of the molecule is CCC(C)c1cc(C(C)(C)C)cc(C(C)CC)c1[O]. The third-order valence-electron chi connectivity index (χ3n) is 4.30. The van der Waals surface area contributed by atoms with Crippen LogP contribution in [0.25, 0.3) is 0 Å². The van der Waals surface area contributed by atoms with Crippen molar-refractivity contribution in [3.8, 4) is 5.75 Å². The Bertz CT molecular complexity index is 395. The zero-order chi connectivity index (χ0) is 14.8. The molecule has 0 saturated heterocycles. The van der Waals surface area contributed by atoms with E-state index >= 15 is 0 Å². The van der Waals surface area contributed by atoms with Crippen LogP contribution in [0.1, 0.15) is 89.8 Å². The van der Waals surface area contributed by atoms with Gasteiger partial charge in [0.2, 0.25) is 0 Å². The molecule has 1 aromatic rings. The molecule has 0 spiro atoms. The molecule has 0 saturated carbocycles. The lowest BCUT2D eigenvalue weighted by atomic mass is 9.80. The third-order valence-corrected chi connectivity index (χ3v) is 4.30. The Morgan fingerprint density at radius 1 is 0.947 bits per heavy atom. The van der Waals surface area contributed by atoms with E-state index < -0.39 is 0 Å². The second kappa shape index (κ2) is 5.98. The quantitative estimate of drug-likeness (QED) is 0.619. The summed E-state index contributed by atoms with van der Waals surface area (Å²) >= 11 is 0. The molecule has 0 bridgehead atoms. The second-order valence-electron chi connectivity index (χ2n) is 6.85. The van der Waals surface area contributed by atoms with Gasteiger partial charge in [0.1, 0.15) is 0 Å². The van der Waals surface area contributed by atoms with E-state index in [-0.39, 0.29) is 11.2 Å². The lowest BCUT2D eigenvalue weighted by Crippen LogP contribution is -2.13. The summed E-state index contributed by atoms with van der Waals surface area (Å²) in [4.78, 5) is 0. The van der Waals surface area contributed by atoms with Crippen molar-refractivity contribution in [2.24, 2.45) is 0 Å². The van der Waals surface area contributed by atoms with Gasteiger partial charge in [0, 0.05) is 11.1 Å². The average Bonchev–Trinajstić information content (AvgIpc) is 2.35. The predicted octanol–water partition coefficient (Wildman–Crippen LogP) is 6.15. The Labute approximate surface area is 119 Å². The highest BCUT2D eigenvalue weighted by Crippen LogP contribution is 2.40. The first-order valence-corrected chi connectivity index (χ1v) is 7.57. The third kappa shape index (κ3) is 3.52. The van der Waals surface area contributed by atoms with Crippen LogP contribution >= 0.6 is 0 Å². The zero-order valence-electron chi connectivity index (χ0n) is 13.6. The van der Waals surface area contributed by atoms with E-state index in [0.717, 1.165) is 24.0 Å². The fourth-order valence-corrected chi connectivity index (χ4v) is 2.28. The molecule has 0 heterocycles. The Balaban J connectivity index is 3.47. The number of rotatable bonds is 4. The van der Waals surface area contributed by atoms with Gasteiger partial charge in [-0.15, -0.1) is 0 Å². The molecule has 107 valence electrons. The van der Waals surface area contributed by atoms with Crippen molar-refractivity contribution in [1.82, 2.24) is 0 Å². The molecule has 0 amide bonds. The van der Waals surface area contributed by atoms with E-state index in [1.54, 1.807) is 0 Å². The van der Waals surface area contributed by atoms with Crippen LogP contribution in [0.4, 0.5) is 0 Å². The summed E-state index contributed by atoms with van der Waals surface area (Å²) in [6.07, 6.45) is 2.03. The molecular weight excluding hydrogens is 232 g/mol. The highest BCUT2D eigenvalue weighted by atomic mass is 16.3. The number of hydrogen-bond donors (Lipinski definition) is 0. The van der Waals surface area contributed by atoms with Crippen LogP contribution in [0.2, 0.25) is 0 Å². The van der Waals surface area contributed by atoms with Gasteiger partial charge in [-0.05, 0) is 35.7 Å². The molecule has 0 aliphatic rings. The zero-order valence-corrected chi connectivity index (χ0v) is 13.6. The van der Waals surface area contributed by atoms with Crippen LogP contribution in [0.5, 0.6) is 5.75 Å². The van der Waals surface area contributed by atoms with Crippen molar-refractivity contribution >= 4 is 0 Å². The molecule has 1 radical (unpaired) electrons. The molecule has 1 rings (SSSR count). The van der Waals surface area contributed by atoms with E-state index in [1.165, 1.54) is 5.56 Å². The van der Waals surface area contributed by atoms with Gasteiger partial charge in [0.25, 0.3) is 0 Å². The second-order valence-corrected chi connectivity index (χ2v) is 6.85. The predicted molar refractivity (Wildman–Crippen MR) is 82.7 cm³/mol. The summed E-state index contributed by atoms with van der Waals surface area (Å²) in [7, 11) is 0. The van der Waals surface area contributed by atoms with Crippen molar-refractivity contribution in [2.75, 3.05) is 0 Å². The van der Waals surface area contributed by atoms with Crippen LogP contribution in [-0.2, 0) is 10.5 Å². The van der Waals surface area contributed by atoms with Gasteiger partial charge < -0.3 is 0 Å². The van der Waals surface area contributed by atoms with Gasteiger partial charge >= 0.3 is 0 Å². The molecule has 2 unspecified atom stereocenters. The van der Waals surface area contributed by atoms with Crippen LogP contribution < -0.4 is 0 Å². The topological polar surface area (TPSA) is 19.9 Å². The minimum absolute atomic E-state index is 0.0954. The Kier molecular flexibility index (Phi) is 5.06. The largest absolute Gasteiger partial charge is 0.289 e. The maximum atomic E-state index is 12.6. The average molecular weight is 261 g/mol. The van der Waals surface area contributed by atoms with E-state index in [9.17, 15) is 5.11 Å². The lowest BCUT2D eigenvalue weighted by Gasteiger charge is -2.25. The molecule has 0 aliphatic carbocycles. The molecule has 0 aliphatic heterocycles. The lowest BCUT2D eigenvalue weighted by molar-refractivity contribution is 0.338. The summed E-state index contributed by atoms with van der Waals surface area (Å²) in [5.41, 5.74) is 3.39. The monoisotopic (exact) mass is 261 g/mol.